The van der Waals surface area contributed by atoms with Crippen molar-refractivity contribution in [1.29, 1.82) is 0 Å². The van der Waals surface area contributed by atoms with Gasteiger partial charge in [0.15, 0.2) is 0 Å². The number of esters is 1. The first-order chi connectivity index (χ1) is 14.5. The Morgan fingerprint density at radius 1 is 1.10 bits per heavy atom. The molecule has 0 bridgehead atoms. The van der Waals surface area contributed by atoms with Crippen molar-refractivity contribution in [1.82, 2.24) is 14.8 Å². The number of carbonyl (C=O) groups excluding carboxylic acids is 3. The molecular formula is C22H23N3O5. The van der Waals surface area contributed by atoms with Crippen LogP contribution < -0.4 is 4.74 Å². The summed E-state index contributed by atoms with van der Waals surface area (Å²) in [5, 5.41) is 0. The van der Waals surface area contributed by atoms with E-state index in [2.05, 4.69) is 4.98 Å². The molecule has 1 aromatic carbocycles. The Morgan fingerprint density at radius 3 is 2.50 bits per heavy atom. The third-order valence-electron chi connectivity index (χ3n) is 5.77. The molecule has 30 heavy (non-hydrogen) atoms. The highest BCUT2D eigenvalue weighted by molar-refractivity contribution is 5.97. The number of pyridine rings is 1. The Hall–Kier alpha value is -3.42. The summed E-state index contributed by atoms with van der Waals surface area (Å²) in [4.78, 5) is 45.9. The van der Waals surface area contributed by atoms with Crippen LogP contribution in [0.15, 0.2) is 48.7 Å². The third-order valence-corrected chi connectivity index (χ3v) is 5.77. The van der Waals surface area contributed by atoms with Gasteiger partial charge in [-0.3, -0.25) is 14.4 Å². The van der Waals surface area contributed by atoms with E-state index in [1.807, 2.05) is 30.3 Å². The summed E-state index contributed by atoms with van der Waals surface area (Å²) in [5.41, 5.74) is 1.28. The first kappa shape index (κ1) is 19.9. The molecule has 0 aliphatic carbocycles. The molecule has 8 nitrogen and oxygen atoms in total. The predicted octanol–water partition coefficient (Wildman–Crippen LogP) is 1.68. The first-order valence-electron chi connectivity index (χ1n) is 9.76. The predicted molar refractivity (Wildman–Crippen MR) is 107 cm³/mol. The number of hydrogen-bond acceptors (Lipinski definition) is 6. The fraction of sp³-hybridized carbons (Fsp3) is 0.364. The van der Waals surface area contributed by atoms with Crippen molar-refractivity contribution >= 4 is 17.8 Å². The Kier molecular flexibility index (Phi) is 5.39. The number of methoxy groups -OCH3 is 2. The van der Waals surface area contributed by atoms with Crippen molar-refractivity contribution in [3.8, 4) is 5.88 Å². The van der Waals surface area contributed by atoms with Crippen molar-refractivity contribution in [2.24, 2.45) is 5.92 Å². The molecule has 0 saturated carbocycles. The number of benzene rings is 1. The number of amides is 2. The zero-order valence-corrected chi connectivity index (χ0v) is 16.9. The Morgan fingerprint density at radius 2 is 1.87 bits per heavy atom. The molecule has 0 unspecified atom stereocenters. The SMILES string of the molecule is COC(=O)[C@H]1C[C@H]2CN(C(=O)c3ccc(OC)nc3)CC(=O)N2[C@H]1c1ccccc1. The van der Waals surface area contributed by atoms with Crippen LogP contribution in [0.2, 0.25) is 0 Å². The average molecular weight is 409 g/mol. The molecule has 0 spiro atoms. The number of fused-ring (bicyclic) bond motifs is 1. The molecular weight excluding hydrogens is 386 g/mol. The van der Waals surface area contributed by atoms with Gasteiger partial charge in [0, 0.05) is 18.8 Å². The minimum Gasteiger partial charge on any atom is -0.481 e. The maximum absolute atomic E-state index is 13.1. The van der Waals surface area contributed by atoms with Gasteiger partial charge in [0.2, 0.25) is 11.8 Å². The normalized spacial score (nSPS) is 23.1. The summed E-state index contributed by atoms with van der Waals surface area (Å²) >= 11 is 0. The van der Waals surface area contributed by atoms with Crippen molar-refractivity contribution in [2.45, 2.75) is 18.5 Å². The molecule has 3 heterocycles. The fourth-order valence-corrected chi connectivity index (χ4v) is 4.43. The molecule has 3 atom stereocenters. The van der Waals surface area contributed by atoms with Crippen LogP contribution in [0.4, 0.5) is 0 Å². The van der Waals surface area contributed by atoms with Crippen LogP contribution in [0, 0.1) is 5.92 Å². The van der Waals surface area contributed by atoms with Crippen molar-refractivity contribution < 1.29 is 23.9 Å². The van der Waals surface area contributed by atoms with Gasteiger partial charge in [-0.2, -0.15) is 0 Å². The van der Waals surface area contributed by atoms with E-state index in [-0.39, 0.29) is 30.4 Å². The number of nitrogens with zero attached hydrogens (tertiary/aromatic N) is 3. The lowest BCUT2D eigenvalue weighted by Gasteiger charge is -2.40. The van der Waals surface area contributed by atoms with E-state index in [1.54, 1.807) is 17.0 Å². The van der Waals surface area contributed by atoms with E-state index < -0.39 is 12.0 Å². The summed E-state index contributed by atoms with van der Waals surface area (Å²) in [6, 6.07) is 12.1. The van der Waals surface area contributed by atoms with Crippen LogP contribution in [0.1, 0.15) is 28.4 Å². The second-order valence-electron chi connectivity index (χ2n) is 7.45. The zero-order chi connectivity index (χ0) is 21.3. The van der Waals surface area contributed by atoms with Gasteiger partial charge in [0.05, 0.1) is 37.8 Å². The van der Waals surface area contributed by atoms with Crippen LogP contribution in [0.5, 0.6) is 5.88 Å². The maximum atomic E-state index is 13.1. The van der Waals surface area contributed by atoms with Gasteiger partial charge in [-0.05, 0) is 18.1 Å². The maximum Gasteiger partial charge on any atom is 0.311 e. The zero-order valence-electron chi connectivity index (χ0n) is 16.9. The van der Waals surface area contributed by atoms with E-state index in [4.69, 9.17) is 9.47 Å². The van der Waals surface area contributed by atoms with Crippen molar-refractivity contribution in [3.63, 3.8) is 0 Å². The highest BCUT2D eigenvalue weighted by Crippen LogP contribution is 2.43. The smallest absolute Gasteiger partial charge is 0.311 e. The standard InChI is InChI=1S/C22H23N3O5/c1-29-18-9-8-15(11-23-18)21(27)24-12-16-10-17(22(28)30-2)20(25(16)19(26)13-24)14-6-4-3-5-7-14/h3-9,11,16-17,20H,10,12-13H2,1-2H3/t16-,17-,20-/m0/s1. The van der Waals surface area contributed by atoms with Crippen LogP contribution in [-0.4, -0.2) is 65.9 Å². The fourth-order valence-electron chi connectivity index (χ4n) is 4.43. The molecule has 2 aliphatic heterocycles. The number of piperazine rings is 1. The lowest BCUT2D eigenvalue weighted by atomic mass is 9.93. The number of carbonyl (C=O) groups is 3. The van der Waals surface area contributed by atoms with Gasteiger partial charge >= 0.3 is 5.97 Å². The highest BCUT2D eigenvalue weighted by Gasteiger charge is 2.51. The minimum absolute atomic E-state index is 0.0431. The van der Waals surface area contributed by atoms with Crippen LogP contribution >= 0.6 is 0 Å². The Bertz CT molecular complexity index is 947. The molecule has 156 valence electrons. The van der Waals surface area contributed by atoms with Crippen LogP contribution in [-0.2, 0) is 14.3 Å². The van der Waals surface area contributed by atoms with E-state index in [9.17, 15) is 14.4 Å². The number of hydrogen-bond donors (Lipinski definition) is 0. The number of aromatic nitrogens is 1. The largest absolute Gasteiger partial charge is 0.481 e. The van der Waals surface area contributed by atoms with Crippen molar-refractivity contribution in [2.75, 3.05) is 27.3 Å². The molecule has 2 amide bonds. The molecule has 2 aromatic rings. The van der Waals surface area contributed by atoms with Gasteiger partial charge < -0.3 is 19.3 Å². The molecule has 2 saturated heterocycles. The molecule has 0 N–H and O–H groups in total. The van der Waals surface area contributed by atoms with E-state index in [1.165, 1.54) is 25.3 Å². The van der Waals surface area contributed by atoms with E-state index >= 15 is 0 Å². The van der Waals surface area contributed by atoms with Crippen LogP contribution in [0.25, 0.3) is 0 Å². The molecule has 8 heteroatoms. The second kappa shape index (κ2) is 8.14. The van der Waals surface area contributed by atoms with Gasteiger partial charge in [0.25, 0.3) is 5.91 Å². The highest BCUT2D eigenvalue weighted by atomic mass is 16.5. The molecule has 2 fully saturated rings. The number of ether oxygens (including phenoxy) is 2. The van der Waals surface area contributed by atoms with Crippen molar-refractivity contribution in [3.05, 3.63) is 59.8 Å². The summed E-state index contributed by atoms with van der Waals surface area (Å²) in [6.07, 6.45) is 1.89. The lowest BCUT2D eigenvalue weighted by Crippen LogP contribution is -2.55. The monoisotopic (exact) mass is 409 g/mol. The number of rotatable bonds is 4. The molecule has 0 radical (unpaired) electrons. The third kappa shape index (κ3) is 3.49. The first-order valence-corrected chi connectivity index (χ1v) is 9.76. The Balaban J connectivity index is 1.59. The average Bonchev–Trinajstić information content (AvgIpc) is 3.19. The van der Waals surface area contributed by atoms with Gasteiger partial charge in [0.1, 0.15) is 6.54 Å². The molecule has 1 aromatic heterocycles. The topological polar surface area (TPSA) is 89.0 Å². The summed E-state index contributed by atoms with van der Waals surface area (Å²) < 4.78 is 10.0. The molecule has 2 aliphatic rings. The summed E-state index contributed by atoms with van der Waals surface area (Å²) in [6.45, 7) is 0.312. The van der Waals surface area contributed by atoms with Crippen LogP contribution in [0.3, 0.4) is 0 Å². The van der Waals surface area contributed by atoms with Gasteiger partial charge in [-0.15, -0.1) is 0 Å². The minimum atomic E-state index is -0.468. The van der Waals surface area contributed by atoms with Gasteiger partial charge in [-0.25, -0.2) is 4.98 Å². The van der Waals surface area contributed by atoms with E-state index in [0.29, 0.717) is 24.4 Å². The lowest BCUT2D eigenvalue weighted by molar-refractivity contribution is -0.147. The molecule has 4 rings (SSSR count). The quantitative estimate of drug-likeness (QED) is 0.714. The van der Waals surface area contributed by atoms with Gasteiger partial charge in [-0.1, -0.05) is 30.3 Å². The second-order valence-corrected chi connectivity index (χ2v) is 7.45. The summed E-state index contributed by atoms with van der Waals surface area (Å²) in [7, 11) is 2.86. The van der Waals surface area contributed by atoms with E-state index in [0.717, 1.165) is 5.56 Å². The summed E-state index contributed by atoms with van der Waals surface area (Å²) in [5.74, 6) is -0.848. The Labute approximate surface area is 174 Å².